The number of hydrogen-bond acceptors (Lipinski definition) is 5. The van der Waals surface area contributed by atoms with E-state index in [1.807, 2.05) is 30.3 Å². The van der Waals surface area contributed by atoms with Gasteiger partial charge in [0.05, 0.1) is 12.3 Å². The van der Waals surface area contributed by atoms with Gasteiger partial charge in [0.2, 0.25) is 0 Å². The number of hydrogen-bond donors (Lipinski definition) is 1. The summed E-state index contributed by atoms with van der Waals surface area (Å²) in [4.78, 5) is 30.8. The zero-order valence-corrected chi connectivity index (χ0v) is 17.2. The number of ether oxygens (including phenoxy) is 2. The fourth-order valence-corrected chi connectivity index (χ4v) is 3.35. The largest absolute Gasteiger partial charge is 0.494 e. The topological polar surface area (TPSA) is 80.8 Å². The zero-order valence-electron chi connectivity index (χ0n) is 17.2. The van der Waals surface area contributed by atoms with Crippen molar-refractivity contribution < 1.29 is 19.1 Å². The van der Waals surface area contributed by atoms with Gasteiger partial charge in [0.15, 0.2) is 6.10 Å². The molecule has 1 aromatic heterocycles. The second kappa shape index (κ2) is 9.30. The van der Waals surface area contributed by atoms with Crippen LogP contribution in [0.4, 0.5) is 11.4 Å². The van der Waals surface area contributed by atoms with E-state index in [1.165, 1.54) is 0 Å². The molecule has 0 radical (unpaired) electrons. The van der Waals surface area contributed by atoms with Crippen molar-refractivity contribution in [2.75, 3.05) is 23.4 Å². The summed E-state index contributed by atoms with van der Waals surface area (Å²) in [7, 11) is 0. The first kappa shape index (κ1) is 20.4. The third-order valence-electron chi connectivity index (χ3n) is 4.91. The minimum absolute atomic E-state index is 0.121. The van der Waals surface area contributed by atoms with E-state index in [4.69, 9.17) is 9.47 Å². The SMILES string of the molecule is CC1Oc2ccc(NC(=O)c3ccncc3)cc2N(CCCOc2ccccc2)C1=O. The Bertz CT molecular complexity index is 1060. The molecule has 0 fully saturated rings. The molecule has 31 heavy (non-hydrogen) atoms. The molecule has 0 bridgehead atoms. The van der Waals surface area contributed by atoms with Crippen molar-refractivity contribution in [3.8, 4) is 11.5 Å². The van der Waals surface area contributed by atoms with Gasteiger partial charge in [0.25, 0.3) is 11.8 Å². The summed E-state index contributed by atoms with van der Waals surface area (Å²) in [6.45, 7) is 2.70. The van der Waals surface area contributed by atoms with Crippen LogP contribution in [0.25, 0.3) is 0 Å². The number of pyridine rings is 1. The van der Waals surface area contributed by atoms with Gasteiger partial charge >= 0.3 is 0 Å². The molecule has 2 heterocycles. The number of amides is 2. The lowest BCUT2D eigenvalue weighted by atomic mass is 10.1. The van der Waals surface area contributed by atoms with Gasteiger partial charge in [-0.25, -0.2) is 0 Å². The molecule has 1 atom stereocenters. The van der Waals surface area contributed by atoms with Crippen molar-refractivity contribution in [2.24, 2.45) is 0 Å². The first-order chi connectivity index (χ1) is 15.1. The Morgan fingerprint density at radius 3 is 2.68 bits per heavy atom. The van der Waals surface area contributed by atoms with Crippen molar-refractivity contribution in [1.82, 2.24) is 4.98 Å². The standard InChI is InChI=1S/C24H23N3O4/c1-17-24(29)27(14-5-15-30-20-6-3-2-4-7-20)21-16-19(8-9-22(21)31-17)26-23(28)18-10-12-25-13-11-18/h2-4,6-13,16-17H,5,14-15H2,1H3,(H,26,28). The molecule has 3 aromatic rings. The first-order valence-electron chi connectivity index (χ1n) is 10.1. The van der Waals surface area contributed by atoms with Crippen molar-refractivity contribution >= 4 is 23.2 Å². The van der Waals surface area contributed by atoms with Crippen LogP contribution >= 0.6 is 0 Å². The lowest BCUT2D eigenvalue weighted by molar-refractivity contribution is -0.125. The fraction of sp³-hybridized carbons (Fsp3) is 0.208. The molecule has 2 amide bonds. The number of carbonyl (C=O) groups is 2. The van der Waals surface area contributed by atoms with E-state index >= 15 is 0 Å². The smallest absolute Gasteiger partial charge is 0.267 e. The van der Waals surface area contributed by atoms with Crippen LogP contribution in [0.1, 0.15) is 23.7 Å². The van der Waals surface area contributed by atoms with E-state index < -0.39 is 6.10 Å². The molecule has 0 spiro atoms. The molecule has 2 aromatic carbocycles. The van der Waals surface area contributed by atoms with Gasteiger partial charge in [-0.1, -0.05) is 18.2 Å². The van der Waals surface area contributed by atoms with Crippen molar-refractivity contribution in [3.63, 3.8) is 0 Å². The molecule has 1 unspecified atom stereocenters. The van der Waals surface area contributed by atoms with Gasteiger partial charge in [-0.05, 0) is 55.8 Å². The van der Waals surface area contributed by atoms with E-state index in [-0.39, 0.29) is 11.8 Å². The Labute approximate surface area is 180 Å². The fourth-order valence-electron chi connectivity index (χ4n) is 3.35. The van der Waals surface area contributed by atoms with E-state index in [0.29, 0.717) is 42.3 Å². The highest BCUT2D eigenvalue weighted by Gasteiger charge is 2.31. The number of nitrogens with zero attached hydrogens (tertiary/aromatic N) is 2. The van der Waals surface area contributed by atoms with Gasteiger partial charge in [0, 0.05) is 30.2 Å². The van der Waals surface area contributed by atoms with Crippen LogP contribution in [0.2, 0.25) is 0 Å². The second-order valence-corrected chi connectivity index (χ2v) is 7.14. The summed E-state index contributed by atoms with van der Waals surface area (Å²) in [5.74, 6) is 1.04. The van der Waals surface area contributed by atoms with Crippen LogP contribution in [0.5, 0.6) is 11.5 Å². The molecule has 0 saturated carbocycles. The van der Waals surface area contributed by atoms with Gasteiger partial charge in [-0.15, -0.1) is 0 Å². The Balaban J connectivity index is 1.46. The summed E-state index contributed by atoms with van der Waals surface area (Å²) in [5.41, 5.74) is 1.72. The van der Waals surface area contributed by atoms with Gasteiger partial charge in [-0.2, -0.15) is 0 Å². The predicted molar refractivity (Wildman–Crippen MR) is 118 cm³/mol. The van der Waals surface area contributed by atoms with Crippen LogP contribution < -0.4 is 19.7 Å². The molecule has 7 nitrogen and oxygen atoms in total. The number of para-hydroxylation sites is 1. The van der Waals surface area contributed by atoms with Gasteiger partial charge < -0.3 is 19.7 Å². The molecule has 158 valence electrons. The highest BCUT2D eigenvalue weighted by molar-refractivity contribution is 6.05. The number of carbonyl (C=O) groups excluding carboxylic acids is 2. The van der Waals surface area contributed by atoms with Crippen LogP contribution in [-0.4, -0.2) is 36.1 Å². The third kappa shape index (κ3) is 4.83. The Kier molecular flexibility index (Phi) is 6.12. The summed E-state index contributed by atoms with van der Waals surface area (Å²) >= 11 is 0. The molecule has 7 heteroatoms. The van der Waals surface area contributed by atoms with E-state index in [9.17, 15) is 9.59 Å². The number of anilines is 2. The number of rotatable bonds is 7. The average Bonchev–Trinajstić information content (AvgIpc) is 2.80. The second-order valence-electron chi connectivity index (χ2n) is 7.14. The highest BCUT2D eigenvalue weighted by atomic mass is 16.5. The molecule has 0 aliphatic carbocycles. The van der Waals surface area contributed by atoms with E-state index in [1.54, 1.807) is 54.5 Å². The van der Waals surface area contributed by atoms with Gasteiger partial charge in [0.1, 0.15) is 11.5 Å². The zero-order chi connectivity index (χ0) is 21.6. The molecule has 1 N–H and O–H groups in total. The predicted octanol–water partition coefficient (Wildman–Crippen LogP) is 3.92. The van der Waals surface area contributed by atoms with Crippen LogP contribution in [0.3, 0.4) is 0 Å². The molecule has 4 rings (SSSR count). The third-order valence-corrected chi connectivity index (χ3v) is 4.91. The number of fused-ring (bicyclic) bond motifs is 1. The van der Waals surface area contributed by atoms with E-state index in [2.05, 4.69) is 10.3 Å². The monoisotopic (exact) mass is 417 g/mol. The van der Waals surface area contributed by atoms with Crippen molar-refractivity contribution in [1.29, 1.82) is 0 Å². The lowest BCUT2D eigenvalue weighted by Gasteiger charge is -2.33. The minimum atomic E-state index is -0.570. The van der Waals surface area contributed by atoms with Crippen molar-refractivity contribution in [2.45, 2.75) is 19.4 Å². The maximum absolute atomic E-state index is 12.8. The highest BCUT2D eigenvalue weighted by Crippen LogP contribution is 2.36. The van der Waals surface area contributed by atoms with Crippen LogP contribution in [0, 0.1) is 0 Å². The quantitative estimate of drug-likeness (QED) is 0.590. The molecule has 1 aliphatic heterocycles. The lowest BCUT2D eigenvalue weighted by Crippen LogP contribution is -2.45. The maximum atomic E-state index is 12.8. The molecule has 1 aliphatic rings. The summed E-state index contributed by atoms with van der Waals surface area (Å²) in [6.07, 6.45) is 3.21. The Morgan fingerprint density at radius 2 is 1.90 bits per heavy atom. The molecular weight excluding hydrogens is 394 g/mol. The first-order valence-corrected chi connectivity index (χ1v) is 10.1. The van der Waals surface area contributed by atoms with Crippen molar-refractivity contribution in [3.05, 3.63) is 78.6 Å². The summed E-state index contributed by atoms with van der Waals surface area (Å²) in [5, 5.41) is 2.86. The normalized spacial score (nSPS) is 15.1. The number of nitrogens with one attached hydrogen (secondary N) is 1. The maximum Gasteiger partial charge on any atom is 0.267 e. The summed E-state index contributed by atoms with van der Waals surface area (Å²) in [6, 6.07) is 18.1. The molecular formula is C24H23N3O4. The van der Waals surface area contributed by atoms with Gasteiger partial charge in [-0.3, -0.25) is 14.6 Å². The van der Waals surface area contributed by atoms with E-state index in [0.717, 1.165) is 5.75 Å². The number of benzene rings is 2. The average molecular weight is 417 g/mol. The molecule has 0 saturated heterocycles. The van der Waals surface area contributed by atoms with Crippen LogP contribution in [-0.2, 0) is 4.79 Å². The number of aromatic nitrogens is 1. The Hall–Kier alpha value is -3.87. The minimum Gasteiger partial charge on any atom is -0.494 e. The van der Waals surface area contributed by atoms with Crippen LogP contribution in [0.15, 0.2) is 73.1 Å². The summed E-state index contributed by atoms with van der Waals surface area (Å²) < 4.78 is 11.5. The Morgan fingerprint density at radius 1 is 1.13 bits per heavy atom.